The van der Waals surface area contributed by atoms with Crippen molar-refractivity contribution in [3.8, 4) is 0 Å². The summed E-state index contributed by atoms with van der Waals surface area (Å²) in [5.74, 6) is -0.697. The van der Waals surface area contributed by atoms with Crippen LogP contribution in [0.1, 0.15) is 48.6 Å². The van der Waals surface area contributed by atoms with E-state index in [0.717, 1.165) is 13.1 Å². The second kappa shape index (κ2) is 6.34. The highest BCUT2D eigenvalue weighted by molar-refractivity contribution is 7.10. The topological polar surface area (TPSA) is 40.5 Å². The average molecular weight is 267 g/mol. The molecule has 3 nitrogen and oxygen atoms in total. The number of hydrogen-bond donors (Lipinski definition) is 1. The summed E-state index contributed by atoms with van der Waals surface area (Å²) in [5.41, 5.74) is 1.23. The maximum atomic E-state index is 11.1. The Bertz CT molecular complexity index is 394. The van der Waals surface area contributed by atoms with Crippen LogP contribution in [-0.2, 0) is 4.79 Å². The van der Waals surface area contributed by atoms with Gasteiger partial charge in [0, 0.05) is 4.88 Å². The zero-order valence-electron chi connectivity index (χ0n) is 10.9. The Morgan fingerprint density at radius 1 is 1.39 bits per heavy atom. The first-order chi connectivity index (χ1) is 8.68. The number of aliphatic carboxylic acids is 1. The molecule has 2 rings (SSSR count). The maximum Gasteiger partial charge on any atom is 0.305 e. The highest BCUT2D eigenvalue weighted by Crippen LogP contribution is 2.32. The number of nitrogens with zero attached hydrogens (tertiary/aromatic N) is 1. The first-order valence-corrected chi connectivity index (χ1v) is 7.56. The van der Waals surface area contributed by atoms with Crippen LogP contribution in [0.15, 0.2) is 11.4 Å². The van der Waals surface area contributed by atoms with Crippen molar-refractivity contribution in [3.63, 3.8) is 0 Å². The van der Waals surface area contributed by atoms with E-state index in [1.165, 1.54) is 36.1 Å². The molecular weight excluding hydrogens is 246 g/mol. The molecule has 18 heavy (non-hydrogen) atoms. The van der Waals surface area contributed by atoms with Crippen LogP contribution in [0.25, 0.3) is 0 Å². The molecule has 1 fully saturated rings. The van der Waals surface area contributed by atoms with Gasteiger partial charge in [0.15, 0.2) is 0 Å². The fourth-order valence-corrected chi connectivity index (χ4v) is 3.75. The first kappa shape index (κ1) is 13.6. The third-order valence-corrected chi connectivity index (χ3v) is 4.77. The van der Waals surface area contributed by atoms with Crippen molar-refractivity contribution in [1.29, 1.82) is 0 Å². The molecule has 0 radical (unpaired) electrons. The van der Waals surface area contributed by atoms with Crippen molar-refractivity contribution in [1.82, 2.24) is 4.90 Å². The summed E-state index contributed by atoms with van der Waals surface area (Å²) in [5, 5.41) is 11.2. The van der Waals surface area contributed by atoms with Crippen molar-refractivity contribution in [2.75, 3.05) is 13.1 Å². The Labute approximate surface area is 112 Å². The number of likely N-dealkylation sites (tertiary alicyclic amines) is 1. The SMILES string of the molecule is Cc1ccsc1C(CC(=O)O)N1CCCCCC1. The summed E-state index contributed by atoms with van der Waals surface area (Å²) < 4.78 is 0. The molecule has 0 amide bonds. The number of rotatable bonds is 4. The van der Waals surface area contributed by atoms with Gasteiger partial charge in [-0.15, -0.1) is 11.3 Å². The molecule has 100 valence electrons. The number of hydrogen-bond acceptors (Lipinski definition) is 3. The fourth-order valence-electron chi connectivity index (χ4n) is 2.69. The Kier molecular flexibility index (Phi) is 4.78. The van der Waals surface area contributed by atoms with Gasteiger partial charge in [-0.05, 0) is 49.9 Å². The van der Waals surface area contributed by atoms with Crippen LogP contribution in [0, 0.1) is 6.92 Å². The van der Waals surface area contributed by atoms with E-state index in [2.05, 4.69) is 23.3 Å². The van der Waals surface area contributed by atoms with Crippen LogP contribution in [0.5, 0.6) is 0 Å². The van der Waals surface area contributed by atoms with Gasteiger partial charge in [0.05, 0.1) is 12.5 Å². The average Bonchev–Trinajstić information content (AvgIpc) is 2.60. The predicted octanol–water partition coefficient (Wildman–Crippen LogP) is 3.45. The maximum absolute atomic E-state index is 11.1. The molecule has 1 aromatic rings. The lowest BCUT2D eigenvalue weighted by molar-refractivity contribution is -0.138. The van der Waals surface area contributed by atoms with Gasteiger partial charge in [-0.2, -0.15) is 0 Å². The Morgan fingerprint density at radius 3 is 2.56 bits per heavy atom. The third kappa shape index (κ3) is 3.33. The number of carboxylic acid groups (broad SMARTS) is 1. The minimum absolute atomic E-state index is 0.0700. The van der Waals surface area contributed by atoms with E-state index < -0.39 is 5.97 Å². The van der Waals surface area contributed by atoms with Crippen LogP contribution in [0.2, 0.25) is 0 Å². The summed E-state index contributed by atoms with van der Waals surface area (Å²) in [6.07, 6.45) is 5.17. The highest BCUT2D eigenvalue weighted by atomic mass is 32.1. The van der Waals surface area contributed by atoms with E-state index in [0.29, 0.717) is 0 Å². The fraction of sp³-hybridized carbons (Fsp3) is 0.643. The highest BCUT2D eigenvalue weighted by Gasteiger charge is 2.25. The minimum atomic E-state index is -0.697. The Balaban J connectivity index is 2.18. The molecule has 0 spiro atoms. The van der Waals surface area contributed by atoms with Gasteiger partial charge in [0.1, 0.15) is 0 Å². The predicted molar refractivity (Wildman–Crippen MR) is 74.1 cm³/mol. The number of carboxylic acids is 1. The normalized spacial score (nSPS) is 19.4. The molecule has 0 saturated carbocycles. The van der Waals surface area contributed by atoms with E-state index >= 15 is 0 Å². The molecule has 1 saturated heterocycles. The lowest BCUT2D eigenvalue weighted by Gasteiger charge is -2.29. The first-order valence-electron chi connectivity index (χ1n) is 6.68. The standard InChI is InChI=1S/C14H21NO2S/c1-11-6-9-18-14(11)12(10-13(16)17)15-7-4-2-3-5-8-15/h6,9,12H,2-5,7-8,10H2,1H3,(H,16,17). The molecule has 0 bridgehead atoms. The zero-order chi connectivity index (χ0) is 13.0. The van der Waals surface area contributed by atoms with Gasteiger partial charge in [-0.3, -0.25) is 9.69 Å². The number of aryl methyl sites for hydroxylation is 1. The monoisotopic (exact) mass is 267 g/mol. The van der Waals surface area contributed by atoms with Gasteiger partial charge in [0.2, 0.25) is 0 Å². The van der Waals surface area contributed by atoms with Crippen molar-refractivity contribution < 1.29 is 9.90 Å². The van der Waals surface area contributed by atoms with Gasteiger partial charge < -0.3 is 5.11 Å². The number of carbonyl (C=O) groups is 1. The quantitative estimate of drug-likeness (QED) is 0.908. The van der Waals surface area contributed by atoms with Crippen LogP contribution in [0.4, 0.5) is 0 Å². The summed E-state index contributed by atoms with van der Waals surface area (Å²) in [6.45, 7) is 4.16. The molecular formula is C14H21NO2S. The molecule has 4 heteroatoms. The molecule has 1 aliphatic heterocycles. The van der Waals surface area contributed by atoms with Crippen molar-refractivity contribution in [2.45, 2.75) is 45.1 Å². The molecule has 1 unspecified atom stereocenters. The lowest BCUT2D eigenvalue weighted by atomic mass is 10.1. The van der Waals surface area contributed by atoms with Crippen molar-refractivity contribution >= 4 is 17.3 Å². The van der Waals surface area contributed by atoms with Gasteiger partial charge in [0.25, 0.3) is 0 Å². The summed E-state index contributed by atoms with van der Waals surface area (Å²) in [7, 11) is 0. The van der Waals surface area contributed by atoms with E-state index in [9.17, 15) is 4.79 Å². The van der Waals surface area contributed by atoms with Crippen LogP contribution < -0.4 is 0 Å². The largest absolute Gasteiger partial charge is 0.481 e. The smallest absolute Gasteiger partial charge is 0.305 e. The molecule has 0 aliphatic carbocycles. The second-order valence-electron chi connectivity index (χ2n) is 5.03. The summed E-state index contributed by atoms with van der Waals surface area (Å²) in [4.78, 5) is 14.7. The van der Waals surface area contributed by atoms with E-state index in [4.69, 9.17) is 5.11 Å². The van der Waals surface area contributed by atoms with Crippen LogP contribution >= 0.6 is 11.3 Å². The number of thiophene rings is 1. The second-order valence-corrected chi connectivity index (χ2v) is 5.98. The molecule has 1 atom stereocenters. The van der Waals surface area contributed by atoms with Crippen molar-refractivity contribution in [3.05, 3.63) is 21.9 Å². The van der Waals surface area contributed by atoms with E-state index in [1.54, 1.807) is 11.3 Å². The molecule has 2 heterocycles. The van der Waals surface area contributed by atoms with Crippen molar-refractivity contribution in [2.24, 2.45) is 0 Å². The van der Waals surface area contributed by atoms with Crippen LogP contribution in [0.3, 0.4) is 0 Å². The van der Waals surface area contributed by atoms with Crippen LogP contribution in [-0.4, -0.2) is 29.1 Å². The lowest BCUT2D eigenvalue weighted by Crippen LogP contribution is -2.31. The molecule has 0 aromatic carbocycles. The third-order valence-electron chi connectivity index (χ3n) is 3.65. The molecule has 1 N–H and O–H groups in total. The Morgan fingerprint density at radius 2 is 2.06 bits per heavy atom. The van der Waals surface area contributed by atoms with E-state index in [1.807, 2.05) is 0 Å². The van der Waals surface area contributed by atoms with Gasteiger partial charge >= 0.3 is 5.97 Å². The molecule has 1 aliphatic rings. The van der Waals surface area contributed by atoms with E-state index in [-0.39, 0.29) is 12.5 Å². The summed E-state index contributed by atoms with van der Waals surface area (Å²) >= 11 is 1.70. The van der Waals surface area contributed by atoms with Gasteiger partial charge in [-0.25, -0.2) is 0 Å². The zero-order valence-corrected chi connectivity index (χ0v) is 11.7. The van der Waals surface area contributed by atoms with Gasteiger partial charge in [-0.1, -0.05) is 12.8 Å². The minimum Gasteiger partial charge on any atom is -0.481 e. The summed E-state index contributed by atoms with van der Waals surface area (Å²) in [6, 6.07) is 2.16. The Hall–Kier alpha value is -0.870. The molecule has 1 aromatic heterocycles.